The van der Waals surface area contributed by atoms with E-state index < -0.39 is 10.9 Å². The molecule has 3 aromatic rings. The molecule has 0 aromatic heterocycles. The molecule has 3 aromatic carbocycles. The molecule has 0 spiro atoms. The Morgan fingerprint density at radius 2 is 1.64 bits per heavy atom. The van der Waals surface area contributed by atoms with E-state index in [0.29, 0.717) is 16.2 Å². The zero-order valence-electron chi connectivity index (χ0n) is 14.8. The number of nitro benzene ring substituents is 1. The van der Waals surface area contributed by atoms with Crippen LogP contribution in [0.15, 0.2) is 71.6 Å². The Morgan fingerprint density at radius 1 is 1.04 bits per heavy atom. The van der Waals surface area contributed by atoms with Gasteiger partial charge >= 0.3 is 5.97 Å². The van der Waals surface area contributed by atoms with Crippen molar-refractivity contribution >= 4 is 23.4 Å². The van der Waals surface area contributed by atoms with Crippen molar-refractivity contribution in [3.8, 4) is 22.9 Å². The van der Waals surface area contributed by atoms with Crippen molar-refractivity contribution in [3.63, 3.8) is 0 Å². The van der Waals surface area contributed by atoms with E-state index in [1.807, 2.05) is 12.1 Å². The molecule has 0 aliphatic rings. The van der Waals surface area contributed by atoms with Gasteiger partial charge in [-0.2, -0.15) is 5.26 Å². The first-order valence-corrected chi connectivity index (χ1v) is 9.39. The molecule has 0 saturated heterocycles. The fourth-order valence-electron chi connectivity index (χ4n) is 2.58. The van der Waals surface area contributed by atoms with E-state index in [1.54, 1.807) is 42.7 Å². The summed E-state index contributed by atoms with van der Waals surface area (Å²) in [6.07, 6.45) is 1.73. The number of hydrogen-bond acceptors (Lipinski definition) is 6. The number of nitro groups is 1. The predicted octanol–water partition coefficient (Wildman–Crippen LogP) is 5.07. The van der Waals surface area contributed by atoms with Crippen molar-refractivity contribution in [2.45, 2.75) is 4.90 Å². The number of thioether (sulfide) groups is 1. The number of benzene rings is 3. The van der Waals surface area contributed by atoms with Gasteiger partial charge in [0.05, 0.1) is 27.0 Å². The molecule has 0 atom stereocenters. The molecule has 0 bridgehead atoms. The van der Waals surface area contributed by atoms with Gasteiger partial charge in [-0.05, 0) is 53.8 Å². The van der Waals surface area contributed by atoms with Crippen molar-refractivity contribution in [1.82, 2.24) is 0 Å². The zero-order chi connectivity index (χ0) is 20.1. The van der Waals surface area contributed by atoms with Crippen molar-refractivity contribution in [3.05, 3.63) is 88.0 Å². The first-order valence-electron chi connectivity index (χ1n) is 8.17. The van der Waals surface area contributed by atoms with Gasteiger partial charge < -0.3 is 4.74 Å². The van der Waals surface area contributed by atoms with Gasteiger partial charge in [0.15, 0.2) is 0 Å². The smallest absolute Gasteiger partial charge is 0.343 e. The van der Waals surface area contributed by atoms with Crippen LogP contribution in [-0.4, -0.2) is 17.1 Å². The molecule has 0 heterocycles. The number of ether oxygens (including phenoxy) is 1. The molecule has 28 heavy (non-hydrogen) atoms. The van der Waals surface area contributed by atoms with Crippen LogP contribution in [-0.2, 0) is 0 Å². The van der Waals surface area contributed by atoms with Crippen LogP contribution in [0.1, 0.15) is 15.9 Å². The average molecular weight is 390 g/mol. The maximum Gasteiger partial charge on any atom is 0.343 e. The SMILES string of the molecule is CSc1ccc(C(=O)Oc2ccc(-c3ccc(C#N)cc3)cc2)cc1[N+](=O)[O-]. The molecule has 0 fully saturated rings. The summed E-state index contributed by atoms with van der Waals surface area (Å²) >= 11 is 1.24. The molecule has 0 N–H and O–H groups in total. The quantitative estimate of drug-likeness (QED) is 0.198. The molecule has 0 aliphatic carbocycles. The summed E-state index contributed by atoms with van der Waals surface area (Å²) in [5.41, 5.74) is 2.40. The predicted molar refractivity (Wildman–Crippen MR) is 106 cm³/mol. The number of hydrogen-bond donors (Lipinski definition) is 0. The maximum absolute atomic E-state index is 12.3. The fraction of sp³-hybridized carbons (Fsp3) is 0.0476. The third-order valence-electron chi connectivity index (χ3n) is 4.02. The van der Waals surface area contributed by atoms with Gasteiger partial charge in [0.2, 0.25) is 0 Å². The summed E-state index contributed by atoms with van der Waals surface area (Å²) in [7, 11) is 0. The maximum atomic E-state index is 12.3. The molecule has 3 rings (SSSR count). The van der Waals surface area contributed by atoms with Crippen LogP contribution in [0.2, 0.25) is 0 Å². The highest BCUT2D eigenvalue weighted by atomic mass is 32.2. The van der Waals surface area contributed by atoms with E-state index in [0.717, 1.165) is 11.1 Å². The average Bonchev–Trinajstić information content (AvgIpc) is 2.73. The lowest BCUT2D eigenvalue weighted by molar-refractivity contribution is -0.387. The third-order valence-corrected chi connectivity index (χ3v) is 4.81. The van der Waals surface area contributed by atoms with Gasteiger partial charge in [-0.15, -0.1) is 11.8 Å². The number of nitriles is 1. The van der Waals surface area contributed by atoms with Gasteiger partial charge in [-0.1, -0.05) is 24.3 Å². The van der Waals surface area contributed by atoms with E-state index >= 15 is 0 Å². The second-order valence-electron chi connectivity index (χ2n) is 5.75. The molecule has 0 saturated carbocycles. The standard InChI is InChI=1S/C21H14N2O4S/c1-28-20-11-8-17(12-19(20)23(25)26)21(24)27-18-9-6-16(7-10-18)15-4-2-14(13-22)3-5-15/h2-12H,1H3. The minimum absolute atomic E-state index is 0.112. The van der Waals surface area contributed by atoms with E-state index in [1.165, 1.54) is 30.0 Å². The minimum atomic E-state index is -0.665. The van der Waals surface area contributed by atoms with Crippen LogP contribution in [0.4, 0.5) is 5.69 Å². The van der Waals surface area contributed by atoms with Crippen LogP contribution in [0.25, 0.3) is 11.1 Å². The lowest BCUT2D eigenvalue weighted by Crippen LogP contribution is -2.09. The lowest BCUT2D eigenvalue weighted by Gasteiger charge is -2.07. The second kappa shape index (κ2) is 8.37. The van der Waals surface area contributed by atoms with Crippen LogP contribution < -0.4 is 4.74 Å². The van der Waals surface area contributed by atoms with Crippen LogP contribution >= 0.6 is 11.8 Å². The number of nitrogens with zero attached hydrogens (tertiary/aromatic N) is 2. The van der Waals surface area contributed by atoms with Crippen molar-refractivity contribution in [2.75, 3.05) is 6.26 Å². The normalized spacial score (nSPS) is 10.1. The highest BCUT2D eigenvalue weighted by Crippen LogP contribution is 2.29. The number of rotatable bonds is 5. The van der Waals surface area contributed by atoms with Gasteiger partial charge in [0.1, 0.15) is 5.75 Å². The number of carbonyl (C=O) groups is 1. The largest absolute Gasteiger partial charge is 0.423 e. The summed E-state index contributed by atoms with van der Waals surface area (Å²) < 4.78 is 5.32. The van der Waals surface area contributed by atoms with Crippen molar-refractivity contribution in [2.24, 2.45) is 0 Å². The second-order valence-corrected chi connectivity index (χ2v) is 6.59. The Balaban J connectivity index is 1.76. The highest BCUT2D eigenvalue weighted by Gasteiger charge is 2.18. The first-order chi connectivity index (χ1) is 13.5. The van der Waals surface area contributed by atoms with Gasteiger partial charge in [0, 0.05) is 6.07 Å². The number of esters is 1. The molecule has 138 valence electrons. The fourth-order valence-corrected chi connectivity index (χ4v) is 3.12. The summed E-state index contributed by atoms with van der Waals surface area (Å²) in [5.74, 6) is -0.333. The van der Waals surface area contributed by atoms with Gasteiger partial charge in [0.25, 0.3) is 5.69 Å². The Kier molecular flexibility index (Phi) is 5.72. The van der Waals surface area contributed by atoms with Crippen molar-refractivity contribution in [1.29, 1.82) is 5.26 Å². The summed E-state index contributed by atoms with van der Waals surface area (Å²) in [4.78, 5) is 23.4. The topological polar surface area (TPSA) is 93.2 Å². The van der Waals surface area contributed by atoms with E-state index in [-0.39, 0.29) is 11.3 Å². The molecule has 0 radical (unpaired) electrons. The van der Waals surface area contributed by atoms with Crippen molar-refractivity contribution < 1.29 is 14.5 Å². The highest BCUT2D eigenvalue weighted by molar-refractivity contribution is 7.98. The Labute approximate surface area is 165 Å². The molecular formula is C21H14N2O4S. The Hall–Kier alpha value is -3.63. The van der Waals surface area contributed by atoms with Crippen LogP contribution in [0.3, 0.4) is 0 Å². The van der Waals surface area contributed by atoms with Crippen LogP contribution in [0, 0.1) is 21.4 Å². The lowest BCUT2D eigenvalue weighted by atomic mass is 10.0. The summed E-state index contributed by atoms with van der Waals surface area (Å²) in [6.45, 7) is 0. The van der Waals surface area contributed by atoms with E-state index in [2.05, 4.69) is 6.07 Å². The molecule has 7 heteroatoms. The molecule has 0 amide bonds. The van der Waals surface area contributed by atoms with Gasteiger partial charge in [-0.3, -0.25) is 10.1 Å². The monoisotopic (exact) mass is 390 g/mol. The van der Waals surface area contributed by atoms with E-state index in [4.69, 9.17) is 10.00 Å². The summed E-state index contributed by atoms with van der Waals surface area (Å²) in [6, 6.07) is 20.4. The molecule has 0 unspecified atom stereocenters. The van der Waals surface area contributed by atoms with Gasteiger partial charge in [-0.25, -0.2) is 4.79 Å². The minimum Gasteiger partial charge on any atom is -0.423 e. The third kappa shape index (κ3) is 4.19. The first kappa shape index (κ1) is 19.1. The Bertz CT molecular complexity index is 1070. The number of carbonyl (C=O) groups excluding carboxylic acids is 1. The molecule has 0 aliphatic heterocycles. The Morgan fingerprint density at radius 3 is 2.18 bits per heavy atom. The summed E-state index contributed by atoms with van der Waals surface area (Å²) in [5, 5.41) is 20.0. The van der Waals surface area contributed by atoms with Crippen LogP contribution in [0.5, 0.6) is 5.75 Å². The zero-order valence-corrected chi connectivity index (χ0v) is 15.6. The van der Waals surface area contributed by atoms with E-state index in [9.17, 15) is 14.9 Å². The molecule has 6 nitrogen and oxygen atoms in total. The molecular weight excluding hydrogens is 376 g/mol.